The average Bonchev–Trinajstić information content (AvgIpc) is 3.23. The molecular formula is C16H17FN6O2. The number of aromatic amines is 2. The number of nitrogens with one attached hydrogen (secondary N) is 3. The van der Waals surface area contributed by atoms with Gasteiger partial charge in [-0.25, -0.2) is 9.37 Å². The van der Waals surface area contributed by atoms with E-state index in [1.165, 1.54) is 12.1 Å². The predicted octanol–water partition coefficient (Wildman–Crippen LogP) is 2.05. The van der Waals surface area contributed by atoms with Gasteiger partial charge in [-0.1, -0.05) is 12.1 Å². The predicted molar refractivity (Wildman–Crippen MR) is 86.3 cm³/mol. The summed E-state index contributed by atoms with van der Waals surface area (Å²) < 4.78 is 18.9. The molecule has 2 aromatic heterocycles. The van der Waals surface area contributed by atoms with E-state index in [-0.39, 0.29) is 30.0 Å². The number of nitrogens with zero attached hydrogens (tertiary/aromatic N) is 3. The topological polar surface area (TPSA) is 109 Å². The van der Waals surface area contributed by atoms with Crippen LogP contribution in [0.5, 0.6) is 5.75 Å². The summed E-state index contributed by atoms with van der Waals surface area (Å²) >= 11 is 0. The van der Waals surface area contributed by atoms with Crippen LogP contribution in [-0.4, -0.2) is 31.3 Å². The molecule has 0 unspecified atom stereocenters. The summed E-state index contributed by atoms with van der Waals surface area (Å²) in [6.45, 7) is 3.62. The molecule has 8 nitrogen and oxygen atoms in total. The van der Waals surface area contributed by atoms with Gasteiger partial charge >= 0.3 is 0 Å². The molecule has 1 amide bonds. The highest BCUT2D eigenvalue weighted by Crippen LogP contribution is 2.17. The number of hydrogen-bond donors (Lipinski definition) is 3. The van der Waals surface area contributed by atoms with Gasteiger partial charge in [0, 0.05) is 0 Å². The van der Waals surface area contributed by atoms with Crippen molar-refractivity contribution in [2.75, 3.05) is 0 Å². The molecule has 130 valence electrons. The molecule has 3 aromatic rings. The summed E-state index contributed by atoms with van der Waals surface area (Å²) in [6, 6.07) is 7.28. The summed E-state index contributed by atoms with van der Waals surface area (Å²) in [5.74, 6) is 0.476. The van der Waals surface area contributed by atoms with Crippen LogP contribution >= 0.6 is 0 Å². The Morgan fingerprint density at radius 2 is 2.12 bits per heavy atom. The highest BCUT2D eigenvalue weighted by atomic mass is 19.1. The molecule has 3 rings (SSSR count). The van der Waals surface area contributed by atoms with Crippen LogP contribution in [0.3, 0.4) is 0 Å². The number of benzene rings is 1. The third-order valence-electron chi connectivity index (χ3n) is 3.43. The van der Waals surface area contributed by atoms with E-state index in [9.17, 15) is 9.18 Å². The maximum atomic E-state index is 13.5. The Hall–Kier alpha value is -3.23. The quantitative estimate of drug-likeness (QED) is 0.634. The minimum atomic E-state index is -0.449. The lowest BCUT2D eigenvalue weighted by Gasteiger charge is -2.08. The van der Waals surface area contributed by atoms with Crippen molar-refractivity contribution in [3.05, 3.63) is 59.2 Å². The minimum Gasteiger partial charge on any atom is -0.484 e. The molecule has 0 aliphatic heterocycles. The van der Waals surface area contributed by atoms with E-state index in [4.69, 9.17) is 4.74 Å². The molecule has 0 aliphatic carbocycles. The first-order valence-corrected chi connectivity index (χ1v) is 7.64. The smallest absolute Gasteiger partial charge is 0.272 e. The van der Waals surface area contributed by atoms with Gasteiger partial charge in [0.05, 0.1) is 11.7 Å². The van der Waals surface area contributed by atoms with Gasteiger partial charge in [0.15, 0.2) is 17.4 Å². The van der Waals surface area contributed by atoms with Gasteiger partial charge in [0.1, 0.15) is 18.1 Å². The maximum absolute atomic E-state index is 13.5. The number of ether oxygens (including phenoxy) is 1. The van der Waals surface area contributed by atoms with E-state index >= 15 is 0 Å². The monoisotopic (exact) mass is 344 g/mol. The summed E-state index contributed by atoms with van der Waals surface area (Å²) in [7, 11) is 0. The van der Waals surface area contributed by atoms with E-state index < -0.39 is 5.82 Å². The number of aryl methyl sites for hydroxylation is 1. The molecule has 0 spiro atoms. The fourth-order valence-electron chi connectivity index (χ4n) is 2.16. The first kappa shape index (κ1) is 16.6. The number of halogens is 1. The molecule has 0 radical (unpaired) electrons. The second kappa shape index (κ2) is 7.12. The normalized spacial score (nSPS) is 12.0. The number of H-pyrrole nitrogens is 2. The van der Waals surface area contributed by atoms with Crippen LogP contribution in [0.25, 0.3) is 0 Å². The summed E-state index contributed by atoms with van der Waals surface area (Å²) in [6.07, 6.45) is 0. The van der Waals surface area contributed by atoms with Crippen LogP contribution in [0.2, 0.25) is 0 Å². The number of amides is 1. The molecule has 2 heterocycles. The van der Waals surface area contributed by atoms with Crippen LogP contribution in [0.4, 0.5) is 4.39 Å². The Morgan fingerprint density at radius 1 is 1.32 bits per heavy atom. The van der Waals surface area contributed by atoms with Crippen LogP contribution < -0.4 is 10.1 Å². The van der Waals surface area contributed by atoms with Crippen LogP contribution in [0.1, 0.15) is 40.8 Å². The third-order valence-corrected chi connectivity index (χ3v) is 3.43. The van der Waals surface area contributed by atoms with E-state index in [1.54, 1.807) is 32.0 Å². The Kier molecular flexibility index (Phi) is 4.73. The first-order chi connectivity index (χ1) is 12.0. The largest absolute Gasteiger partial charge is 0.484 e. The first-order valence-electron chi connectivity index (χ1n) is 7.64. The molecule has 25 heavy (non-hydrogen) atoms. The molecule has 0 fully saturated rings. The Labute approximate surface area is 142 Å². The lowest BCUT2D eigenvalue weighted by molar-refractivity contribution is 0.0933. The zero-order chi connectivity index (χ0) is 17.8. The van der Waals surface area contributed by atoms with Gasteiger partial charge in [-0.15, -0.1) is 0 Å². The van der Waals surface area contributed by atoms with Crippen molar-refractivity contribution < 1.29 is 13.9 Å². The maximum Gasteiger partial charge on any atom is 0.272 e. The lowest BCUT2D eigenvalue weighted by atomic mass is 10.3. The standard InChI is InChI=1S/C16H17FN6O2/c1-9(15-19-10(2)20-23-15)18-16(24)13-7-11(21-22-13)8-25-14-6-4-3-5-12(14)17/h3-7,9H,8H2,1-2H3,(H,18,24)(H,21,22)(H,19,20,23)/t9-/m1/s1. The molecule has 0 saturated carbocycles. The molecule has 1 aromatic carbocycles. The van der Waals surface area contributed by atoms with Gasteiger partial charge in [0.25, 0.3) is 5.91 Å². The average molecular weight is 344 g/mol. The van der Waals surface area contributed by atoms with E-state index in [2.05, 4.69) is 30.7 Å². The van der Waals surface area contributed by atoms with Crippen molar-refractivity contribution >= 4 is 5.91 Å². The van der Waals surface area contributed by atoms with Crippen molar-refractivity contribution in [2.45, 2.75) is 26.5 Å². The second-order valence-electron chi connectivity index (χ2n) is 5.47. The summed E-state index contributed by atoms with van der Waals surface area (Å²) in [5.41, 5.74) is 0.751. The summed E-state index contributed by atoms with van der Waals surface area (Å²) in [4.78, 5) is 16.4. The molecular weight excluding hydrogens is 327 g/mol. The van der Waals surface area contributed by atoms with Crippen molar-refractivity contribution in [1.82, 2.24) is 30.7 Å². The van der Waals surface area contributed by atoms with Gasteiger partial charge in [-0.2, -0.15) is 10.2 Å². The van der Waals surface area contributed by atoms with Crippen molar-refractivity contribution in [1.29, 1.82) is 0 Å². The highest BCUT2D eigenvalue weighted by molar-refractivity contribution is 5.92. The van der Waals surface area contributed by atoms with Crippen LogP contribution in [0.15, 0.2) is 30.3 Å². The van der Waals surface area contributed by atoms with Crippen LogP contribution in [0, 0.1) is 12.7 Å². The third kappa shape index (κ3) is 4.00. The zero-order valence-electron chi connectivity index (χ0n) is 13.7. The van der Waals surface area contributed by atoms with Crippen molar-refractivity contribution in [2.24, 2.45) is 0 Å². The fraction of sp³-hybridized carbons (Fsp3) is 0.250. The van der Waals surface area contributed by atoms with Gasteiger partial charge in [0.2, 0.25) is 0 Å². The number of rotatable bonds is 6. The number of hydrogen-bond acceptors (Lipinski definition) is 5. The van der Waals surface area contributed by atoms with E-state index in [1.807, 2.05) is 0 Å². The molecule has 9 heteroatoms. The van der Waals surface area contributed by atoms with Gasteiger partial charge in [-0.05, 0) is 32.0 Å². The van der Waals surface area contributed by atoms with E-state index in [0.29, 0.717) is 17.3 Å². The zero-order valence-corrected chi connectivity index (χ0v) is 13.7. The molecule has 0 saturated heterocycles. The Morgan fingerprint density at radius 3 is 2.84 bits per heavy atom. The summed E-state index contributed by atoms with van der Waals surface area (Å²) in [5, 5.41) is 16.1. The number of carbonyl (C=O) groups excluding carboxylic acids is 1. The highest BCUT2D eigenvalue weighted by Gasteiger charge is 2.17. The minimum absolute atomic E-state index is 0.0664. The lowest BCUT2D eigenvalue weighted by Crippen LogP contribution is -2.27. The fourth-order valence-corrected chi connectivity index (χ4v) is 2.16. The van der Waals surface area contributed by atoms with Crippen LogP contribution in [-0.2, 0) is 6.61 Å². The van der Waals surface area contributed by atoms with Gasteiger partial charge in [-0.3, -0.25) is 15.0 Å². The SMILES string of the molecule is Cc1nc([C@@H](C)NC(=O)c2cc(COc3ccccc3F)[nH]n2)n[nH]1. The second-order valence-corrected chi connectivity index (χ2v) is 5.47. The molecule has 3 N–H and O–H groups in total. The van der Waals surface area contributed by atoms with Crippen molar-refractivity contribution in [3.8, 4) is 5.75 Å². The number of aromatic nitrogens is 5. The number of carbonyl (C=O) groups is 1. The van der Waals surface area contributed by atoms with Crippen molar-refractivity contribution in [3.63, 3.8) is 0 Å². The van der Waals surface area contributed by atoms with E-state index in [0.717, 1.165) is 0 Å². The van der Waals surface area contributed by atoms with Gasteiger partial charge < -0.3 is 10.1 Å². The number of para-hydroxylation sites is 1. The molecule has 1 atom stereocenters. The molecule has 0 bridgehead atoms. The Bertz CT molecular complexity index is 875. The Balaban J connectivity index is 1.59. The molecule has 0 aliphatic rings.